The fourth-order valence-corrected chi connectivity index (χ4v) is 2.24. The van der Waals surface area contributed by atoms with Crippen LogP contribution in [0.2, 0.25) is 0 Å². The zero-order chi connectivity index (χ0) is 13.3. The molecule has 1 fully saturated rings. The van der Waals surface area contributed by atoms with Crippen molar-refractivity contribution in [1.29, 1.82) is 0 Å². The van der Waals surface area contributed by atoms with E-state index in [9.17, 15) is 9.59 Å². The van der Waals surface area contributed by atoms with Gasteiger partial charge in [0.05, 0.1) is 13.2 Å². The molecule has 2 N–H and O–H groups in total. The number of rotatable bonds is 3. The molecule has 0 radical (unpaired) electrons. The third kappa shape index (κ3) is 2.02. The maximum Gasteiger partial charge on any atom is 0.325 e. The van der Waals surface area contributed by atoms with Crippen molar-refractivity contribution >= 4 is 27.9 Å². The maximum absolute atomic E-state index is 12.2. The Labute approximate surface area is 113 Å². The van der Waals surface area contributed by atoms with E-state index >= 15 is 0 Å². The first-order chi connectivity index (χ1) is 8.49. The first-order valence-electron chi connectivity index (χ1n) is 5.50. The number of carbonyl (C=O) groups excluding carboxylic acids is 2. The molecule has 0 aromatic heterocycles. The number of imide groups is 1. The number of halogens is 1. The Kier molecular flexibility index (Phi) is 3.41. The second kappa shape index (κ2) is 4.70. The molecule has 1 saturated heterocycles. The van der Waals surface area contributed by atoms with Crippen LogP contribution in [0.4, 0.5) is 4.79 Å². The van der Waals surface area contributed by atoms with Crippen molar-refractivity contribution in [2.24, 2.45) is 0 Å². The third-order valence-corrected chi connectivity index (χ3v) is 3.55. The summed E-state index contributed by atoms with van der Waals surface area (Å²) in [4.78, 5) is 25.0. The number of urea groups is 1. The lowest BCUT2D eigenvalue weighted by Gasteiger charge is -2.22. The molecular weight excluding hydrogens is 300 g/mol. The van der Waals surface area contributed by atoms with Gasteiger partial charge < -0.3 is 10.4 Å². The number of carbonyl (C=O) groups is 2. The molecule has 1 atom stereocenters. The van der Waals surface area contributed by atoms with Gasteiger partial charge in [0.2, 0.25) is 0 Å². The molecule has 1 aromatic carbocycles. The smallest absolute Gasteiger partial charge is 0.325 e. The number of aliphatic hydroxyl groups is 1. The SMILES string of the molecule is CC1(c2ccc(Br)cc2)NC(=O)N(CCO)C1=O. The molecule has 1 heterocycles. The topological polar surface area (TPSA) is 69.6 Å². The average Bonchev–Trinajstić information content (AvgIpc) is 2.55. The van der Waals surface area contributed by atoms with Crippen molar-refractivity contribution in [1.82, 2.24) is 10.2 Å². The first-order valence-corrected chi connectivity index (χ1v) is 6.29. The van der Waals surface area contributed by atoms with E-state index in [1.807, 2.05) is 12.1 Å². The van der Waals surface area contributed by atoms with E-state index in [0.29, 0.717) is 5.56 Å². The van der Waals surface area contributed by atoms with Gasteiger partial charge in [0.1, 0.15) is 5.54 Å². The molecule has 1 aromatic rings. The van der Waals surface area contributed by atoms with Crippen LogP contribution in [-0.4, -0.2) is 35.1 Å². The molecule has 1 unspecified atom stereocenters. The maximum atomic E-state index is 12.2. The first kappa shape index (κ1) is 13.0. The van der Waals surface area contributed by atoms with Crippen molar-refractivity contribution < 1.29 is 14.7 Å². The van der Waals surface area contributed by atoms with Crippen LogP contribution in [-0.2, 0) is 10.3 Å². The van der Waals surface area contributed by atoms with Crippen molar-refractivity contribution in [2.75, 3.05) is 13.2 Å². The molecule has 2 rings (SSSR count). The summed E-state index contributed by atoms with van der Waals surface area (Å²) in [5.41, 5.74) is -0.350. The van der Waals surface area contributed by atoms with Crippen molar-refractivity contribution in [3.8, 4) is 0 Å². The Morgan fingerprint density at radius 1 is 1.33 bits per heavy atom. The molecule has 6 heteroatoms. The van der Waals surface area contributed by atoms with Gasteiger partial charge in [0.25, 0.3) is 5.91 Å². The number of nitrogens with one attached hydrogen (secondary N) is 1. The van der Waals surface area contributed by atoms with Crippen LogP contribution in [0.1, 0.15) is 12.5 Å². The molecule has 0 saturated carbocycles. The van der Waals surface area contributed by atoms with Crippen LogP contribution in [0.3, 0.4) is 0 Å². The van der Waals surface area contributed by atoms with E-state index in [4.69, 9.17) is 5.11 Å². The normalized spacial score (nSPS) is 23.4. The molecule has 1 aliphatic rings. The molecule has 3 amide bonds. The standard InChI is InChI=1S/C12H13BrN2O3/c1-12(8-2-4-9(13)5-3-8)10(17)15(6-7-16)11(18)14-12/h2-5,16H,6-7H2,1H3,(H,14,18). The number of amides is 3. The summed E-state index contributed by atoms with van der Waals surface area (Å²) in [7, 11) is 0. The lowest BCUT2D eigenvalue weighted by atomic mass is 9.92. The molecule has 0 bridgehead atoms. The largest absolute Gasteiger partial charge is 0.395 e. The Hall–Kier alpha value is -1.40. The molecule has 18 heavy (non-hydrogen) atoms. The fraction of sp³-hybridized carbons (Fsp3) is 0.333. The van der Waals surface area contributed by atoms with Crippen LogP contribution in [0.25, 0.3) is 0 Å². The third-order valence-electron chi connectivity index (χ3n) is 3.02. The van der Waals surface area contributed by atoms with Crippen LogP contribution in [0, 0.1) is 0 Å². The van der Waals surface area contributed by atoms with E-state index in [1.165, 1.54) is 0 Å². The van der Waals surface area contributed by atoms with Gasteiger partial charge in [0.15, 0.2) is 0 Å². The van der Waals surface area contributed by atoms with Gasteiger partial charge in [-0.25, -0.2) is 4.79 Å². The Balaban J connectivity index is 2.35. The second-order valence-electron chi connectivity index (χ2n) is 4.24. The van der Waals surface area contributed by atoms with Crippen molar-refractivity contribution in [2.45, 2.75) is 12.5 Å². The minimum absolute atomic E-state index is 0.0107. The van der Waals surface area contributed by atoms with Crippen molar-refractivity contribution in [3.05, 3.63) is 34.3 Å². The van der Waals surface area contributed by atoms with E-state index < -0.39 is 11.6 Å². The van der Waals surface area contributed by atoms with Gasteiger partial charge in [-0.3, -0.25) is 9.69 Å². The molecule has 1 aliphatic heterocycles. The van der Waals surface area contributed by atoms with Gasteiger partial charge in [-0.1, -0.05) is 28.1 Å². The Morgan fingerprint density at radius 3 is 2.50 bits per heavy atom. The zero-order valence-electron chi connectivity index (χ0n) is 9.81. The lowest BCUT2D eigenvalue weighted by Crippen LogP contribution is -2.41. The van der Waals surface area contributed by atoms with Gasteiger partial charge in [0, 0.05) is 4.47 Å². The number of hydrogen-bond donors (Lipinski definition) is 2. The number of β-amino-alcohol motifs (C(OH)–C–C–N with tert-alkyl or cyclic N) is 1. The summed E-state index contributed by atoms with van der Waals surface area (Å²) in [5.74, 6) is -0.344. The van der Waals surface area contributed by atoms with E-state index in [-0.39, 0.29) is 19.1 Å². The highest BCUT2D eigenvalue weighted by Gasteiger charge is 2.48. The number of aliphatic hydroxyl groups excluding tert-OH is 1. The average molecular weight is 313 g/mol. The van der Waals surface area contributed by atoms with Gasteiger partial charge in [-0.2, -0.15) is 0 Å². The molecule has 5 nitrogen and oxygen atoms in total. The quantitative estimate of drug-likeness (QED) is 0.824. The number of nitrogens with zero attached hydrogens (tertiary/aromatic N) is 1. The number of benzene rings is 1. The summed E-state index contributed by atoms with van der Waals surface area (Å²) in [5, 5.41) is 11.5. The minimum Gasteiger partial charge on any atom is -0.395 e. The fourth-order valence-electron chi connectivity index (χ4n) is 1.98. The monoisotopic (exact) mass is 312 g/mol. The van der Waals surface area contributed by atoms with E-state index in [0.717, 1.165) is 9.37 Å². The van der Waals surface area contributed by atoms with Crippen LogP contribution >= 0.6 is 15.9 Å². The predicted molar refractivity (Wildman–Crippen MR) is 68.8 cm³/mol. The summed E-state index contributed by atoms with van der Waals surface area (Å²) >= 11 is 3.32. The van der Waals surface area contributed by atoms with Gasteiger partial charge in [-0.15, -0.1) is 0 Å². The van der Waals surface area contributed by atoms with E-state index in [2.05, 4.69) is 21.2 Å². The summed E-state index contributed by atoms with van der Waals surface area (Å²) in [6.07, 6.45) is 0. The van der Waals surface area contributed by atoms with Crippen LogP contribution in [0.15, 0.2) is 28.7 Å². The minimum atomic E-state index is -1.06. The predicted octanol–water partition coefficient (Wildman–Crippen LogP) is 1.21. The van der Waals surface area contributed by atoms with Gasteiger partial charge in [-0.05, 0) is 24.6 Å². The van der Waals surface area contributed by atoms with Crippen LogP contribution < -0.4 is 5.32 Å². The lowest BCUT2D eigenvalue weighted by molar-refractivity contribution is -0.131. The molecule has 0 aliphatic carbocycles. The van der Waals surface area contributed by atoms with Crippen molar-refractivity contribution in [3.63, 3.8) is 0 Å². The Bertz CT molecular complexity index is 489. The summed E-state index contributed by atoms with van der Waals surface area (Å²) in [6.45, 7) is 1.43. The molecule has 0 spiro atoms. The zero-order valence-corrected chi connectivity index (χ0v) is 11.4. The highest BCUT2D eigenvalue weighted by Crippen LogP contribution is 2.29. The van der Waals surface area contributed by atoms with Crippen LogP contribution in [0.5, 0.6) is 0 Å². The van der Waals surface area contributed by atoms with E-state index in [1.54, 1.807) is 19.1 Å². The molecular formula is C12H13BrN2O3. The summed E-state index contributed by atoms with van der Waals surface area (Å²) < 4.78 is 0.902. The molecule has 96 valence electrons. The second-order valence-corrected chi connectivity index (χ2v) is 5.16. The highest BCUT2D eigenvalue weighted by molar-refractivity contribution is 9.10. The number of hydrogen-bond acceptors (Lipinski definition) is 3. The Morgan fingerprint density at radius 2 is 1.94 bits per heavy atom. The summed E-state index contributed by atoms with van der Waals surface area (Å²) in [6, 6.07) is 6.72. The van der Waals surface area contributed by atoms with Gasteiger partial charge >= 0.3 is 6.03 Å². The highest BCUT2D eigenvalue weighted by atomic mass is 79.9.